The lowest BCUT2D eigenvalue weighted by atomic mass is 10.1. The molecule has 114 valence electrons. The van der Waals surface area contributed by atoms with E-state index in [4.69, 9.17) is 4.74 Å². The Bertz CT molecular complexity index is 391. The summed E-state index contributed by atoms with van der Waals surface area (Å²) < 4.78 is 42.8. The van der Waals surface area contributed by atoms with Crippen LogP contribution >= 0.6 is 0 Å². The van der Waals surface area contributed by atoms with Gasteiger partial charge in [0.1, 0.15) is 12.4 Å². The second-order valence-electron chi connectivity index (χ2n) is 5.16. The van der Waals surface area contributed by atoms with Crippen LogP contribution < -0.4 is 10.1 Å². The van der Waals surface area contributed by atoms with Gasteiger partial charge < -0.3 is 10.1 Å². The topological polar surface area (TPSA) is 21.3 Å². The van der Waals surface area contributed by atoms with Crippen LogP contribution in [0.5, 0.6) is 5.75 Å². The van der Waals surface area contributed by atoms with Gasteiger partial charge in [0.15, 0.2) is 0 Å². The van der Waals surface area contributed by atoms with Crippen LogP contribution in [0.15, 0.2) is 24.3 Å². The molecule has 0 spiro atoms. The Morgan fingerprint density at radius 3 is 2.60 bits per heavy atom. The summed E-state index contributed by atoms with van der Waals surface area (Å²) in [6.45, 7) is 6.26. The minimum absolute atomic E-state index is 0.254. The van der Waals surface area contributed by atoms with E-state index in [9.17, 15) is 13.2 Å². The van der Waals surface area contributed by atoms with Gasteiger partial charge in [-0.1, -0.05) is 19.9 Å². The molecule has 0 saturated heterocycles. The fourth-order valence-corrected chi connectivity index (χ4v) is 1.76. The van der Waals surface area contributed by atoms with Crippen molar-refractivity contribution in [1.82, 2.24) is 5.32 Å². The maximum absolute atomic E-state index is 12.5. The molecule has 0 atom stereocenters. The molecule has 0 saturated carbocycles. The molecule has 0 aliphatic carbocycles. The molecule has 20 heavy (non-hydrogen) atoms. The van der Waals surface area contributed by atoms with Crippen LogP contribution in [0.1, 0.15) is 32.3 Å². The van der Waals surface area contributed by atoms with E-state index in [1.54, 1.807) is 0 Å². The van der Waals surface area contributed by atoms with Crippen LogP contribution in [0.25, 0.3) is 0 Å². The van der Waals surface area contributed by atoms with Crippen LogP contribution in [0.4, 0.5) is 13.2 Å². The van der Waals surface area contributed by atoms with Crippen molar-refractivity contribution >= 4 is 0 Å². The molecule has 0 aliphatic rings. The van der Waals surface area contributed by atoms with Crippen molar-refractivity contribution in [3.63, 3.8) is 0 Å². The van der Waals surface area contributed by atoms with Gasteiger partial charge in [-0.15, -0.1) is 0 Å². The lowest BCUT2D eigenvalue weighted by Crippen LogP contribution is -2.22. The number of nitrogens with one attached hydrogen (secondary N) is 1. The third-order valence-corrected chi connectivity index (χ3v) is 2.84. The molecular weight excluding hydrogens is 267 g/mol. The number of hydrogen-bond donors (Lipinski definition) is 1. The van der Waals surface area contributed by atoms with Crippen LogP contribution in [0.2, 0.25) is 0 Å². The average molecular weight is 289 g/mol. The van der Waals surface area contributed by atoms with Crippen molar-refractivity contribution in [1.29, 1.82) is 0 Å². The fourth-order valence-electron chi connectivity index (χ4n) is 1.76. The Kier molecular flexibility index (Phi) is 6.85. The first-order valence-corrected chi connectivity index (χ1v) is 6.90. The van der Waals surface area contributed by atoms with Gasteiger partial charge in [-0.3, -0.25) is 0 Å². The first kappa shape index (κ1) is 16.8. The van der Waals surface area contributed by atoms with Gasteiger partial charge in [-0.2, -0.15) is 13.2 Å². The molecule has 0 fully saturated rings. The van der Waals surface area contributed by atoms with Gasteiger partial charge in [0.25, 0.3) is 0 Å². The Balaban J connectivity index is 2.22. The lowest BCUT2D eigenvalue weighted by Gasteiger charge is -2.11. The number of halogens is 3. The first-order chi connectivity index (χ1) is 9.39. The molecule has 1 rings (SSSR count). The maximum Gasteiger partial charge on any atom is 0.416 e. The Hall–Kier alpha value is -1.23. The summed E-state index contributed by atoms with van der Waals surface area (Å²) >= 11 is 0. The Morgan fingerprint density at radius 1 is 1.20 bits per heavy atom. The van der Waals surface area contributed by atoms with Crippen molar-refractivity contribution in [2.75, 3.05) is 19.7 Å². The van der Waals surface area contributed by atoms with Gasteiger partial charge in [-0.25, -0.2) is 0 Å². The second kappa shape index (κ2) is 8.15. The van der Waals surface area contributed by atoms with E-state index in [-0.39, 0.29) is 5.75 Å². The fraction of sp³-hybridized carbons (Fsp3) is 0.600. The molecule has 0 bridgehead atoms. The third-order valence-electron chi connectivity index (χ3n) is 2.84. The third kappa shape index (κ3) is 6.80. The minimum Gasteiger partial charge on any atom is -0.492 e. The highest BCUT2D eigenvalue weighted by Crippen LogP contribution is 2.31. The van der Waals surface area contributed by atoms with Gasteiger partial charge in [-0.05, 0) is 43.5 Å². The smallest absolute Gasteiger partial charge is 0.416 e. The number of hydrogen-bond acceptors (Lipinski definition) is 2. The normalized spacial score (nSPS) is 11.9. The SMILES string of the molecule is CC(C)CCCNCCOc1cccc(C(F)(F)F)c1. The van der Waals surface area contributed by atoms with Crippen molar-refractivity contribution in [3.05, 3.63) is 29.8 Å². The van der Waals surface area contributed by atoms with E-state index in [1.165, 1.54) is 18.6 Å². The molecular formula is C15H22F3NO. The molecule has 0 heterocycles. The van der Waals surface area contributed by atoms with Crippen molar-refractivity contribution in [3.8, 4) is 5.75 Å². The molecule has 1 aromatic carbocycles. The summed E-state index contributed by atoms with van der Waals surface area (Å²) in [5.41, 5.74) is -0.681. The largest absolute Gasteiger partial charge is 0.492 e. The standard InChI is InChI=1S/C15H22F3NO/c1-12(2)5-4-8-19-9-10-20-14-7-3-6-13(11-14)15(16,17)18/h3,6-7,11-12,19H,4-5,8-10H2,1-2H3. The molecule has 0 aromatic heterocycles. The van der Waals surface area contributed by atoms with E-state index >= 15 is 0 Å². The summed E-state index contributed by atoms with van der Waals surface area (Å²) in [6.07, 6.45) is -2.06. The minimum atomic E-state index is -4.32. The molecule has 1 aromatic rings. The highest BCUT2D eigenvalue weighted by molar-refractivity contribution is 5.30. The van der Waals surface area contributed by atoms with Crippen molar-refractivity contribution < 1.29 is 17.9 Å². The second-order valence-corrected chi connectivity index (χ2v) is 5.16. The summed E-state index contributed by atoms with van der Waals surface area (Å²) in [7, 11) is 0. The zero-order valence-electron chi connectivity index (χ0n) is 12.0. The molecule has 5 heteroatoms. The number of rotatable bonds is 8. The number of benzene rings is 1. The van der Waals surface area contributed by atoms with E-state index in [1.807, 2.05) is 0 Å². The van der Waals surface area contributed by atoms with Crippen LogP contribution in [-0.4, -0.2) is 19.7 Å². The monoisotopic (exact) mass is 289 g/mol. The number of alkyl halides is 3. The van der Waals surface area contributed by atoms with E-state index in [0.717, 1.165) is 25.1 Å². The lowest BCUT2D eigenvalue weighted by molar-refractivity contribution is -0.137. The summed E-state index contributed by atoms with van der Waals surface area (Å²) in [4.78, 5) is 0. The highest BCUT2D eigenvalue weighted by atomic mass is 19.4. The van der Waals surface area contributed by atoms with Crippen molar-refractivity contribution in [2.24, 2.45) is 5.92 Å². The highest BCUT2D eigenvalue weighted by Gasteiger charge is 2.30. The first-order valence-electron chi connectivity index (χ1n) is 6.90. The van der Waals surface area contributed by atoms with Crippen LogP contribution in [0.3, 0.4) is 0 Å². The summed E-state index contributed by atoms with van der Waals surface area (Å²) in [6, 6.07) is 4.96. The molecule has 0 unspecified atom stereocenters. The number of ether oxygens (including phenoxy) is 1. The average Bonchev–Trinajstić information content (AvgIpc) is 2.36. The molecule has 0 aliphatic heterocycles. The van der Waals surface area contributed by atoms with E-state index in [2.05, 4.69) is 19.2 Å². The molecule has 0 amide bonds. The molecule has 2 nitrogen and oxygen atoms in total. The van der Waals surface area contributed by atoms with Gasteiger partial charge in [0.2, 0.25) is 0 Å². The van der Waals surface area contributed by atoms with Crippen LogP contribution in [0, 0.1) is 5.92 Å². The summed E-state index contributed by atoms with van der Waals surface area (Å²) in [5.74, 6) is 0.946. The predicted molar refractivity (Wildman–Crippen MR) is 73.9 cm³/mol. The molecule has 0 radical (unpaired) electrons. The zero-order valence-corrected chi connectivity index (χ0v) is 12.0. The molecule has 1 N–H and O–H groups in total. The van der Waals surface area contributed by atoms with E-state index < -0.39 is 11.7 Å². The van der Waals surface area contributed by atoms with E-state index in [0.29, 0.717) is 19.1 Å². The van der Waals surface area contributed by atoms with Crippen molar-refractivity contribution in [2.45, 2.75) is 32.9 Å². The predicted octanol–water partition coefficient (Wildman–Crippen LogP) is 4.11. The Labute approximate surface area is 118 Å². The Morgan fingerprint density at radius 2 is 1.95 bits per heavy atom. The van der Waals surface area contributed by atoms with Gasteiger partial charge in [0, 0.05) is 6.54 Å². The van der Waals surface area contributed by atoms with Gasteiger partial charge in [0.05, 0.1) is 5.56 Å². The van der Waals surface area contributed by atoms with Gasteiger partial charge >= 0.3 is 6.18 Å². The zero-order chi connectivity index (χ0) is 15.0. The maximum atomic E-state index is 12.5. The quantitative estimate of drug-likeness (QED) is 0.727. The van der Waals surface area contributed by atoms with Crippen LogP contribution in [-0.2, 0) is 6.18 Å². The summed E-state index contributed by atoms with van der Waals surface area (Å²) in [5, 5.41) is 3.21.